The Morgan fingerprint density at radius 2 is 1.97 bits per heavy atom. The van der Waals surface area contributed by atoms with E-state index >= 15 is 0 Å². The molecule has 1 amide bonds. The van der Waals surface area contributed by atoms with Crippen molar-refractivity contribution in [2.75, 3.05) is 25.4 Å². The van der Waals surface area contributed by atoms with Crippen molar-refractivity contribution in [2.45, 2.75) is 49.9 Å². The second-order valence-electron chi connectivity index (χ2n) is 9.14. The van der Waals surface area contributed by atoms with Crippen LogP contribution in [0, 0.1) is 5.92 Å². The first kappa shape index (κ1) is 25.7. The van der Waals surface area contributed by atoms with Crippen LogP contribution in [0.2, 0.25) is 0 Å². The lowest BCUT2D eigenvalue weighted by Crippen LogP contribution is -2.53. The number of carboxylic acid groups (broad SMARTS) is 1. The molecule has 4 rings (SSSR count). The lowest BCUT2D eigenvalue weighted by Gasteiger charge is -2.27. The SMILES string of the molecule is CCOC(=O)C(CCC1Cc2ccccc2C1)NC1CSC(c2ccsc2)CN(CC(=O)O)C1=O. The summed E-state index contributed by atoms with van der Waals surface area (Å²) >= 11 is 3.20. The Balaban J connectivity index is 1.45. The minimum absolute atomic E-state index is 0.00520. The van der Waals surface area contributed by atoms with Crippen molar-refractivity contribution in [1.29, 1.82) is 0 Å². The largest absolute Gasteiger partial charge is 0.480 e. The van der Waals surface area contributed by atoms with E-state index in [-0.39, 0.29) is 30.3 Å². The Hall–Kier alpha value is -2.36. The topological polar surface area (TPSA) is 95.9 Å². The van der Waals surface area contributed by atoms with Crippen molar-refractivity contribution in [2.24, 2.45) is 5.92 Å². The second kappa shape index (κ2) is 12.1. The highest BCUT2D eigenvalue weighted by Crippen LogP contribution is 2.35. The predicted octanol–water partition coefficient (Wildman–Crippen LogP) is 3.53. The lowest BCUT2D eigenvalue weighted by molar-refractivity contribution is -0.148. The number of fused-ring (bicyclic) bond motifs is 1. The van der Waals surface area contributed by atoms with E-state index in [0.717, 1.165) is 24.8 Å². The molecule has 1 aliphatic carbocycles. The van der Waals surface area contributed by atoms with Crippen LogP contribution >= 0.6 is 23.1 Å². The van der Waals surface area contributed by atoms with Gasteiger partial charge in [-0.3, -0.25) is 19.7 Å². The first-order valence-corrected chi connectivity index (χ1v) is 14.1. The van der Waals surface area contributed by atoms with E-state index in [1.165, 1.54) is 16.0 Å². The van der Waals surface area contributed by atoms with Crippen LogP contribution in [0.3, 0.4) is 0 Å². The third-order valence-corrected chi connectivity index (χ3v) is 8.72. The van der Waals surface area contributed by atoms with Gasteiger partial charge in [0.1, 0.15) is 12.6 Å². The first-order chi connectivity index (χ1) is 16.9. The Morgan fingerprint density at radius 1 is 1.23 bits per heavy atom. The number of esters is 1. The number of rotatable bonds is 10. The van der Waals surface area contributed by atoms with Gasteiger partial charge in [-0.15, -0.1) is 11.8 Å². The fraction of sp³-hybridized carbons (Fsp3) is 0.500. The molecule has 0 radical (unpaired) electrons. The summed E-state index contributed by atoms with van der Waals surface area (Å²) in [5.41, 5.74) is 3.83. The van der Waals surface area contributed by atoms with Crippen LogP contribution in [-0.4, -0.2) is 65.4 Å². The lowest BCUT2D eigenvalue weighted by atomic mass is 9.96. The van der Waals surface area contributed by atoms with Gasteiger partial charge in [0.25, 0.3) is 0 Å². The molecule has 1 aliphatic heterocycles. The van der Waals surface area contributed by atoms with E-state index in [2.05, 4.69) is 29.6 Å². The number of amides is 1. The molecule has 0 saturated carbocycles. The maximum atomic E-state index is 13.4. The minimum atomic E-state index is -1.05. The van der Waals surface area contributed by atoms with Gasteiger partial charge in [0.2, 0.25) is 5.91 Å². The average molecular weight is 517 g/mol. The van der Waals surface area contributed by atoms with E-state index in [4.69, 9.17) is 4.74 Å². The Kier molecular flexibility index (Phi) is 8.86. The number of hydrogen-bond donors (Lipinski definition) is 2. The zero-order valence-corrected chi connectivity index (χ0v) is 21.5. The molecule has 2 aromatic rings. The van der Waals surface area contributed by atoms with E-state index in [1.807, 2.05) is 16.8 Å². The van der Waals surface area contributed by atoms with E-state index < -0.39 is 18.1 Å². The number of carboxylic acids is 1. The summed E-state index contributed by atoms with van der Waals surface area (Å²) in [5, 5.41) is 16.7. The molecule has 2 N–H and O–H groups in total. The van der Waals surface area contributed by atoms with E-state index in [0.29, 0.717) is 24.6 Å². The number of ether oxygens (including phenoxy) is 1. The van der Waals surface area contributed by atoms with Gasteiger partial charge in [-0.2, -0.15) is 11.3 Å². The van der Waals surface area contributed by atoms with Crippen LogP contribution in [0.25, 0.3) is 0 Å². The van der Waals surface area contributed by atoms with Gasteiger partial charge in [0.15, 0.2) is 0 Å². The highest BCUT2D eigenvalue weighted by molar-refractivity contribution is 7.99. The molecule has 0 spiro atoms. The van der Waals surface area contributed by atoms with Gasteiger partial charge >= 0.3 is 11.9 Å². The zero-order chi connectivity index (χ0) is 24.8. The van der Waals surface area contributed by atoms with Crippen molar-refractivity contribution >= 4 is 40.9 Å². The van der Waals surface area contributed by atoms with Gasteiger partial charge in [-0.25, -0.2) is 0 Å². The fourth-order valence-corrected chi connectivity index (χ4v) is 7.03. The number of benzene rings is 1. The number of thiophene rings is 1. The number of carbonyl (C=O) groups excluding carboxylic acids is 2. The molecule has 2 aliphatic rings. The maximum absolute atomic E-state index is 13.4. The van der Waals surface area contributed by atoms with Crippen molar-refractivity contribution in [3.05, 3.63) is 57.8 Å². The number of nitrogens with zero attached hydrogens (tertiary/aromatic N) is 1. The molecule has 7 nitrogen and oxygen atoms in total. The maximum Gasteiger partial charge on any atom is 0.323 e. The van der Waals surface area contributed by atoms with Crippen molar-refractivity contribution < 1.29 is 24.2 Å². The van der Waals surface area contributed by atoms with Crippen LogP contribution in [-0.2, 0) is 32.0 Å². The smallest absolute Gasteiger partial charge is 0.323 e. The normalized spacial score (nSPS) is 21.4. The molecule has 1 aromatic heterocycles. The van der Waals surface area contributed by atoms with Crippen molar-refractivity contribution in [3.63, 3.8) is 0 Å². The molecule has 1 saturated heterocycles. The number of thioether (sulfide) groups is 1. The molecule has 0 bridgehead atoms. The van der Waals surface area contributed by atoms with Gasteiger partial charge in [0.05, 0.1) is 12.6 Å². The van der Waals surface area contributed by atoms with Crippen LogP contribution in [0.5, 0.6) is 0 Å². The van der Waals surface area contributed by atoms with Gasteiger partial charge in [-0.05, 0) is 72.0 Å². The third-order valence-electron chi connectivity index (χ3n) is 6.67. The average Bonchev–Trinajstić information content (AvgIpc) is 3.48. The molecule has 3 unspecified atom stereocenters. The van der Waals surface area contributed by atoms with E-state index in [1.54, 1.807) is 30.0 Å². The first-order valence-electron chi connectivity index (χ1n) is 12.1. The van der Waals surface area contributed by atoms with Crippen LogP contribution in [0.15, 0.2) is 41.1 Å². The summed E-state index contributed by atoms with van der Waals surface area (Å²) in [6, 6.07) is 9.20. The summed E-state index contributed by atoms with van der Waals surface area (Å²) in [7, 11) is 0. The summed E-state index contributed by atoms with van der Waals surface area (Å²) in [5.74, 6) is -0.766. The number of aliphatic carboxylic acids is 1. The van der Waals surface area contributed by atoms with Crippen molar-refractivity contribution in [3.8, 4) is 0 Å². The Bertz CT molecular complexity index is 1000. The Morgan fingerprint density at radius 3 is 2.60 bits per heavy atom. The molecular formula is C26H32N2O5S2. The predicted molar refractivity (Wildman–Crippen MR) is 138 cm³/mol. The summed E-state index contributed by atoms with van der Waals surface area (Å²) in [6.07, 6.45) is 3.41. The van der Waals surface area contributed by atoms with Crippen molar-refractivity contribution in [1.82, 2.24) is 10.2 Å². The number of nitrogens with one attached hydrogen (secondary N) is 1. The van der Waals surface area contributed by atoms with Gasteiger partial charge in [0, 0.05) is 17.5 Å². The summed E-state index contributed by atoms with van der Waals surface area (Å²) < 4.78 is 5.33. The molecule has 35 heavy (non-hydrogen) atoms. The molecule has 1 aromatic carbocycles. The molecule has 3 atom stereocenters. The molecular weight excluding hydrogens is 484 g/mol. The highest BCUT2D eigenvalue weighted by atomic mass is 32.2. The van der Waals surface area contributed by atoms with Gasteiger partial charge in [-0.1, -0.05) is 24.3 Å². The standard InChI is InChI=1S/C26H32N2O5S2/c1-2-33-26(32)21(8-7-17-11-18-5-3-4-6-19(18)12-17)27-22-16-35-23(20-9-10-34-15-20)13-28(25(22)31)14-24(29)30/h3-6,9-10,15,17,21-23,27H,2,7-8,11-14,16H2,1H3,(H,29,30). The molecule has 1 fully saturated rings. The summed E-state index contributed by atoms with van der Waals surface area (Å²) in [4.78, 5) is 39.1. The third kappa shape index (κ3) is 6.65. The number of hydrogen-bond acceptors (Lipinski definition) is 7. The Labute approximate surface area is 214 Å². The highest BCUT2D eigenvalue weighted by Gasteiger charge is 2.36. The second-order valence-corrected chi connectivity index (χ2v) is 11.2. The van der Waals surface area contributed by atoms with Crippen LogP contribution in [0.4, 0.5) is 0 Å². The quantitative estimate of drug-likeness (QED) is 0.467. The molecule has 9 heteroatoms. The van der Waals surface area contributed by atoms with E-state index in [9.17, 15) is 19.5 Å². The molecule has 188 valence electrons. The zero-order valence-electron chi connectivity index (χ0n) is 19.9. The fourth-order valence-electron chi connectivity index (χ4n) is 4.94. The van der Waals surface area contributed by atoms with Gasteiger partial charge < -0.3 is 14.7 Å². The van der Waals surface area contributed by atoms with Crippen LogP contribution in [0.1, 0.15) is 41.7 Å². The summed E-state index contributed by atoms with van der Waals surface area (Å²) in [6.45, 7) is 2.01. The van der Waals surface area contributed by atoms with Crippen LogP contribution < -0.4 is 5.32 Å². The number of carbonyl (C=O) groups is 3. The molecule has 2 heterocycles. The minimum Gasteiger partial charge on any atom is -0.480 e. The monoisotopic (exact) mass is 516 g/mol.